The molecule has 2 atom stereocenters. The molecule has 0 radical (unpaired) electrons. The van der Waals surface area contributed by atoms with Crippen molar-refractivity contribution < 1.29 is 13.2 Å². The summed E-state index contributed by atoms with van der Waals surface area (Å²) in [5.74, 6) is -0.0767. The van der Waals surface area contributed by atoms with Crippen molar-refractivity contribution in [2.24, 2.45) is 5.92 Å². The minimum atomic E-state index is -3.72. The van der Waals surface area contributed by atoms with E-state index >= 15 is 0 Å². The Balaban J connectivity index is 2.95. The maximum Gasteiger partial charge on any atom is 0.241 e. The molecule has 0 aliphatic carbocycles. The second kappa shape index (κ2) is 8.45. The molecule has 0 unspecified atom stereocenters. The Morgan fingerprint density at radius 1 is 1.13 bits per heavy atom. The molecule has 1 aromatic rings. The summed E-state index contributed by atoms with van der Waals surface area (Å²) in [5.41, 5.74) is 0.984. The number of aryl methyl sites for hydroxylation is 1. The Morgan fingerprint density at radius 3 is 2.17 bits per heavy atom. The smallest absolute Gasteiger partial charge is 0.241 e. The maximum absolute atomic E-state index is 12.5. The van der Waals surface area contributed by atoms with Crippen molar-refractivity contribution in [3.8, 4) is 0 Å². The van der Waals surface area contributed by atoms with E-state index in [4.69, 9.17) is 0 Å². The Bertz CT molecular complexity index is 609. The highest BCUT2D eigenvalue weighted by molar-refractivity contribution is 7.89. The first-order valence-corrected chi connectivity index (χ1v) is 9.53. The summed E-state index contributed by atoms with van der Waals surface area (Å²) in [6.45, 7) is 9.69. The Morgan fingerprint density at radius 2 is 1.70 bits per heavy atom. The summed E-state index contributed by atoms with van der Waals surface area (Å²) in [7, 11) is -3.72. The van der Waals surface area contributed by atoms with Crippen LogP contribution >= 0.6 is 0 Å². The van der Waals surface area contributed by atoms with Gasteiger partial charge in [-0.25, -0.2) is 8.42 Å². The van der Waals surface area contributed by atoms with E-state index in [2.05, 4.69) is 10.0 Å². The Labute approximate surface area is 139 Å². The van der Waals surface area contributed by atoms with Crippen molar-refractivity contribution in [3.63, 3.8) is 0 Å². The number of nitrogens with one attached hydrogen (secondary N) is 2. The fourth-order valence-electron chi connectivity index (χ4n) is 2.10. The molecule has 0 saturated heterocycles. The highest BCUT2D eigenvalue weighted by Gasteiger charge is 2.27. The van der Waals surface area contributed by atoms with Gasteiger partial charge in [0.05, 0.1) is 4.90 Å². The van der Waals surface area contributed by atoms with Gasteiger partial charge in [-0.05, 0) is 44.7 Å². The topological polar surface area (TPSA) is 75.3 Å². The first-order chi connectivity index (χ1) is 10.7. The van der Waals surface area contributed by atoms with E-state index < -0.39 is 16.1 Å². The van der Waals surface area contributed by atoms with Gasteiger partial charge in [0.25, 0.3) is 0 Å². The fraction of sp³-hybridized carbons (Fsp3) is 0.588. The molecule has 23 heavy (non-hydrogen) atoms. The van der Waals surface area contributed by atoms with Gasteiger partial charge in [0.1, 0.15) is 6.04 Å². The minimum Gasteiger partial charge on any atom is -0.352 e. The van der Waals surface area contributed by atoms with Crippen LogP contribution in [0.2, 0.25) is 0 Å². The predicted molar refractivity (Wildman–Crippen MR) is 92.6 cm³/mol. The molecule has 0 aliphatic heterocycles. The number of hydrogen-bond acceptors (Lipinski definition) is 3. The molecule has 1 aromatic carbocycles. The number of amides is 1. The lowest BCUT2D eigenvalue weighted by atomic mass is 10.0. The van der Waals surface area contributed by atoms with Crippen LogP contribution in [0, 0.1) is 12.8 Å². The van der Waals surface area contributed by atoms with Crippen LogP contribution in [0.15, 0.2) is 29.2 Å². The van der Waals surface area contributed by atoms with Crippen molar-refractivity contribution in [3.05, 3.63) is 29.8 Å². The number of carbonyl (C=O) groups is 1. The van der Waals surface area contributed by atoms with Crippen LogP contribution in [0.1, 0.15) is 46.1 Å². The Kier molecular flexibility index (Phi) is 7.22. The van der Waals surface area contributed by atoms with Crippen LogP contribution in [0.4, 0.5) is 0 Å². The van der Waals surface area contributed by atoms with Crippen molar-refractivity contribution in [1.29, 1.82) is 0 Å². The van der Waals surface area contributed by atoms with Gasteiger partial charge in [-0.2, -0.15) is 4.72 Å². The van der Waals surface area contributed by atoms with Gasteiger partial charge in [0.15, 0.2) is 0 Å². The van der Waals surface area contributed by atoms with Crippen LogP contribution in [0.3, 0.4) is 0 Å². The van der Waals surface area contributed by atoms with Crippen molar-refractivity contribution in [1.82, 2.24) is 10.0 Å². The van der Waals surface area contributed by atoms with Gasteiger partial charge >= 0.3 is 0 Å². The van der Waals surface area contributed by atoms with E-state index in [1.54, 1.807) is 24.3 Å². The zero-order valence-electron chi connectivity index (χ0n) is 14.6. The third-order valence-electron chi connectivity index (χ3n) is 3.65. The van der Waals surface area contributed by atoms with E-state index in [0.29, 0.717) is 6.42 Å². The first-order valence-electron chi connectivity index (χ1n) is 8.05. The fourth-order valence-corrected chi connectivity index (χ4v) is 3.31. The van der Waals surface area contributed by atoms with E-state index in [9.17, 15) is 13.2 Å². The van der Waals surface area contributed by atoms with Gasteiger partial charge < -0.3 is 5.32 Å². The molecule has 5 nitrogen and oxygen atoms in total. The standard InChI is InChI=1S/C17H28N2O3S/c1-6-14(5)18-17(20)16(11-12(2)3)19-23(21,22)15-9-7-13(4)8-10-15/h7-10,12,14,16,19H,6,11H2,1-5H3,(H,18,20)/t14-,16+/m1/s1. The van der Waals surface area contributed by atoms with E-state index in [0.717, 1.165) is 12.0 Å². The maximum atomic E-state index is 12.5. The lowest BCUT2D eigenvalue weighted by Gasteiger charge is -2.22. The largest absolute Gasteiger partial charge is 0.352 e. The molecule has 1 amide bonds. The summed E-state index contributed by atoms with van der Waals surface area (Å²) < 4.78 is 27.6. The van der Waals surface area contributed by atoms with Crippen molar-refractivity contribution >= 4 is 15.9 Å². The normalized spacial score (nSPS) is 14.5. The van der Waals surface area contributed by atoms with E-state index in [1.807, 2.05) is 34.6 Å². The SMILES string of the molecule is CC[C@@H](C)NC(=O)[C@H](CC(C)C)NS(=O)(=O)c1ccc(C)cc1. The average Bonchev–Trinajstić information content (AvgIpc) is 2.46. The summed E-state index contributed by atoms with van der Waals surface area (Å²) in [6, 6.07) is 5.83. The summed E-state index contributed by atoms with van der Waals surface area (Å²) >= 11 is 0. The lowest BCUT2D eigenvalue weighted by Crippen LogP contribution is -2.49. The highest BCUT2D eigenvalue weighted by Crippen LogP contribution is 2.13. The minimum absolute atomic E-state index is 0.0149. The molecule has 0 spiro atoms. The Hall–Kier alpha value is -1.40. The molecular weight excluding hydrogens is 312 g/mol. The third-order valence-corrected chi connectivity index (χ3v) is 5.14. The monoisotopic (exact) mass is 340 g/mol. The quantitative estimate of drug-likeness (QED) is 0.764. The number of benzene rings is 1. The second-order valence-corrected chi connectivity index (χ2v) is 8.15. The van der Waals surface area contributed by atoms with Gasteiger partial charge in [-0.3, -0.25) is 4.79 Å². The first kappa shape index (κ1) is 19.6. The van der Waals surface area contributed by atoms with Crippen molar-refractivity contribution in [2.75, 3.05) is 0 Å². The number of rotatable bonds is 8. The average molecular weight is 340 g/mol. The lowest BCUT2D eigenvalue weighted by molar-refractivity contribution is -0.123. The molecule has 130 valence electrons. The molecule has 6 heteroatoms. The molecule has 0 aliphatic rings. The number of hydrogen-bond donors (Lipinski definition) is 2. The van der Waals surface area contributed by atoms with E-state index in [-0.39, 0.29) is 22.8 Å². The molecule has 0 aromatic heterocycles. The molecule has 2 N–H and O–H groups in total. The second-order valence-electron chi connectivity index (χ2n) is 6.43. The van der Waals surface area contributed by atoms with Gasteiger partial charge in [0.2, 0.25) is 15.9 Å². The van der Waals surface area contributed by atoms with Gasteiger partial charge in [0, 0.05) is 6.04 Å². The van der Waals surface area contributed by atoms with E-state index in [1.165, 1.54) is 0 Å². The zero-order valence-corrected chi connectivity index (χ0v) is 15.4. The molecule has 1 rings (SSSR count). The predicted octanol–water partition coefficient (Wildman–Crippen LogP) is 2.60. The third kappa shape index (κ3) is 6.31. The van der Waals surface area contributed by atoms with Gasteiger partial charge in [-0.15, -0.1) is 0 Å². The van der Waals surface area contributed by atoms with Crippen molar-refractivity contribution in [2.45, 2.75) is 64.4 Å². The van der Waals surface area contributed by atoms with Crippen LogP contribution in [-0.4, -0.2) is 26.4 Å². The van der Waals surface area contributed by atoms with Crippen LogP contribution in [0.5, 0.6) is 0 Å². The summed E-state index contributed by atoms with van der Waals surface area (Å²) in [5, 5.41) is 2.85. The summed E-state index contributed by atoms with van der Waals surface area (Å²) in [4.78, 5) is 12.5. The molecule has 0 heterocycles. The zero-order chi connectivity index (χ0) is 17.6. The summed E-state index contributed by atoms with van der Waals surface area (Å²) in [6.07, 6.45) is 1.25. The molecular formula is C17H28N2O3S. The van der Waals surface area contributed by atoms with Crippen LogP contribution in [-0.2, 0) is 14.8 Å². The highest BCUT2D eigenvalue weighted by atomic mass is 32.2. The van der Waals surface area contributed by atoms with Crippen LogP contribution < -0.4 is 10.0 Å². The molecule has 0 bridgehead atoms. The van der Waals surface area contributed by atoms with Crippen LogP contribution in [0.25, 0.3) is 0 Å². The van der Waals surface area contributed by atoms with Gasteiger partial charge in [-0.1, -0.05) is 38.5 Å². The number of sulfonamides is 1. The number of carbonyl (C=O) groups excluding carboxylic acids is 1. The molecule has 0 saturated carbocycles. The molecule has 0 fully saturated rings.